The number of carbonyl (C=O) groups excluding carboxylic acids is 1. The number of urea groups is 1. The minimum absolute atomic E-state index is 0.206. The van der Waals surface area contributed by atoms with Crippen molar-refractivity contribution in [3.63, 3.8) is 0 Å². The van der Waals surface area contributed by atoms with Gasteiger partial charge in [0.1, 0.15) is 0 Å². The molecule has 0 aromatic heterocycles. The summed E-state index contributed by atoms with van der Waals surface area (Å²) in [6.07, 6.45) is 0.490. The van der Waals surface area contributed by atoms with Gasteiger partial charge in [-0.3, -0.25) is 4.79 Å². The van der Waals surface area contributed by atoms with Crippen molar-refractivity contribution >= 4 is 22.8 Å². The van der Waals surface area contributed by atoms with E-state index in [1.807, 2.05) is 42.5 Å². The first kappa shape index (κ1) is 15.3. The van der Waals surface area contributed by atoms with Gasteiger partial charge >= 0.3 is 12.0 Å². The minimum Gasteiger partial charge on any atom is -0.481 e. The number of amides is 2. The van der Waals surface area contributed by atoms with E-state index in [4.69, 9.17) is 0 Å². The predicted molar refractivity (Wildman–Crippen MR) is 88.1 cm³/mol. The molecule has 0 saturated carbocycles. The highest BCUT2D eigenvalue weighted by molar-refractivity contribution is 5.86. The van der Waals surface area contributed by atoms with Crippen LogP contribution in [-0.4, -0.2) is 35.1 Å². The van der Waals surface area contributed by atoms with E-state index in [1.165, 1.54) is 0 Å². The third-order valence-electron chi connectivity index (χ3n) is 4.59. The van der Waals surface area contributed by atoms with Gasteiger partial charge in [0.15, 0.2) is 0 Å². The highest BCUT2D eigenvalue weighted by atomic mass is 16.4. The van der Waals surface area contributed by atoms with Gasteiger partial charge in [0, 0.05) is 19.6 Å². The van der Waals surface area contributed by atoms with Crippen LogP contribution in [0, 0.1) is 5.41 Å². The van der Waals surface area contributed by atoms with E-state index in [0.717, 1.165) is 16.3 Å². The van der Waals surface area contributed by atoms with Gasteiger partial charge in [0.05, 0.1) is 5.41 Å². The van der Waals surface area contributed by atoms with Gasteiger partial charge in [-0.05, 0) is 29.7 Å². The predicted octanol–water partition coefficient (Wildman–Crippen LogP) is 2.85. The van der Waals surface area contributed by atoms with Crippen LogP contribution in [0.3, 0.4) is 0 Å². The normalized spacial score (nSPS) is 20.7. The first-order chi connectivity index (χ1) is 11.0. The highest BCUT2D eigenvalue weighted by Gasteiger charge is 2.42. The molecule has 1 heterocycles. The van der Waals surface area contributed by atoms with Crippen LogP contribution in [0.25, 0.3) is 10.8 Å². The summed E-state index contributed by atoms with van der Waals surface area (Å²) < 4.78 is 0. The fraction of sp³-hybridized carbons (Fsp3) is 0.333. The average Bonchev–Trinajstić information content (AvgIpc) is 2.96. The van der Waals surface area contributed by atoms with E-state index in [2.05, 4.69) is 5.32 Å². The minimum atomic E-state index is -0.846. The molecule has 120 valence electrons. The summed E-state index contributed by atoms with van der Waals surface area (Å²) >= 11 is 0. The second kappa shape index (κ2) is 5.91. The second-order valence-corrected chi connectivity index (χ2v) is 6.33. The van der Waals surface area contributed by atoms with Crippen LogP contribution in [0.1, 0.15) is 18.9 Å². The van der Waals surface area contributed by atoms with E-state index >= 15 is 0 Å². The molecule has 2 aromatic carbocycles. The lowest BCUT2D eigenvalue weighted by Gasteiger charge is -2.20. The molecule has 0 bridgehead atoms. The Morgan fingerprint density at radius 1 is 1.22 bits per heavy atom. The quantitative estimate of drug-likeness (QED) is 0.915. The summed E-state index contributed by atoms with van der Waals surface area (Å²) in [6.45, 7) is 2.85. The molecule has 1 fully saturated rings. The Morgan fingerprint density at radius 3 is 2.70 bits per heavy atom. The Labute approximate surface area is 134 Å². The van der Waals surface area contributed by atoms with Gasteiger partial charge in [0.25, 0.3) is 0 Å². The van der Waals surface area contributed by atoms with Gasteiger partial charge < -0.3 is 15.3 Å². The van der Waals surface area contributed by atoms with Crippen molar-refractivity contribution in [3.8, 4) is 0 Å². The lowest BCUT2D eigenvalue weighted by Crippen LogP contribution is -2.40. The van der Waals surface area contributed by atoms with E-state index < -0.39 is 11.4 Å². The lowest BCUT2D eigenvalue weighted by atomic mass is 9.90. The van der Waals surface area contributed by atoms with Crippen molar-refractivity contribution in [1.82, 2.24) is 10.2 Å². The van der Waals surface area contributed by atoms with E-state index in [-0.39, 0.29) is 12.6 Å². The Bertz CT molecular complexity index is 754. The number of nitrogens with zero attached hydrogens (tertiary/aromatic N) is 1. The van der Waals surface area contributed by atoms with Crippen molar-refractivity contribution in [2.45, 2.75) is 19.9 Å². The zero-order chi connectivity index (χ0) is 16.4. The van der Waals surface area contributed by atoms with Crippen molar-refractivity contribution in [2.24, 2.45) is 5.41 Å². The Morgan fingerprint density at radius 2 is 1.96 bits per heavy atom. The first-order valence-electron chi connectivity index (χ1n) is 7.72. The van der Waals surface area contributed by atoms with Crippen LogP contribution in [0.15, 0.2) is 42.5 Å². The number of hydrogen-bond acceptors (Lipinski definition) is 2. The van der Waals surface area contributed by atoms with E-state index in [0.29, 0.717) is 19.5 Å². The number of fused-ring (bicyclic) bond motifs is 1. The molecule has 23 heavy (non-hydrogen) atoms. The fourth-order valence-electron chi connectivity index (χ4n) is 3.04. The molecule has 1 unspecified atom stereocenters. The lowest BCUT2D eigenvalue weighted by molar-refractivity contribution is -0.146. The SMILES string of the molecule is CC1(C(=O)O)CCN(C(=O)NCc2cccc3ccccc23)C1. The molecule has 0 aliphatic carbocycles. The topological polar surface area (TPSA) is 69.6 Å². The zero-order valence-corrected chi connectivity index (χ0v) is 13.1. The third kappa shape index (κ3) is 2.99. The number of rotatable bonds is 3. The summed E-state index contributed by atoms with van der Waals surface area (Å²) in [6, 6.07) is 13.8. The van der Waals surface area contributed by atoms with Gasteiger partial charge in [-0.25, -0.2) is 4.79 Å². The van der Waals surface area contributed by atoms with Crippen molar-refractivity contribution in [1.29, 1.82) is 0 Å². The molecule has 2 amide bonds. The third-order valence-corrected chi connectivity index (χ3v) is 4.59. The number of benzene rings is 2. The number of carboxylic acids is 1. The smallest absolute Gasteiger partial charge is 0.317 e. The number of nitrogens with one attached hydrogen (secondary N) is 1. The molecule has 3 rings (SSSR count). The standard InChI is InChI=1S/C18H20N2O3/c1-18(16(21)22)9-10-20(12-18)17(23)19-11-14-7-4-6-13-5-2-3-8-15(13)14/h2-8H,9-12H2,1H3,(H,19,23)(H,21,22). The number of carbonyl (C=O) groups is 2. The van der Waals surface area contributed by atoms with Crippen molar-refractivity contribution < 1.29 is 14.7 Å². The summed E-state index contributed by atoms with van der Waals surface area (Å²) in [5, 5.41) is 14.4. The molecule has 0 radical (unpaired) electrons. The Hall–Kier alpha value is -2.56. The maximum absolute atomic E-state index is 12.3. The Kier molecular flexibility index (Phi) is 3.94. The largest absolute Gasteiger partial charge is 0.481 e. The van der Waals surface area contributed by atoms with Crippen LogP contribution in [0.2, 0.25) is 0 Å². The van der Waals surface area contributed by atoms with Crippen LogP contribution in [0.5, 0.6) is 0 Å². The molecule has 5 heteroatoms. The van der Waals surface area contributed by atoms with E-state index in [1.54, 1.807) is 11.8 Å². The summed E-state index contributed by atoms with van der Waals surface area (Å²) in [4.78, 5) is 25.1. The summed E-state index contributed by atoms with van der Waals surface area (Å²) in [7, 11) is 0. The zero-order valence-electron chi connectivity index (χ0n) is 13.1. The van der Waals surface area contributed by atoms with Crippen LogP contribution >= 0.6 is 0 Å². The monoisotopic (exact) mass is 312 g/mol. The fourth-order valence-corrected chi connectivity index (χ4v) is 3.04. The second-order valence-electron chi connectivity index (χ2n) is 6.33. The molecule has 2 aromatic rings. The van der Waals surface area contributed by atoms with Crippen LogP contribution in [0.4, 0.5) is 4.79 Å². The van der Waals surface area contributed by atoms with E-state index in [9.17, 15) is 14.7 Å². The molecule has 2 N–H and O–H groups in total. The maximum Gasteiger partial charge on any atom is 0.317 e. The number of likely N-dealkylation sites (tertiary alicyclic amines) is 1. The summed E-state index contributed by atoms with van der Waals surface area (Å²) in [5.74, 6) is -0.846. The molecule has 1 atom stereocenters. The number of aliphatic carboxylic acids is 1. The molecule has 1 aliphatic rings. The van der Waals surface area contributed by atoms with Gasteiger partial charge in [-0.15, -0.1) is 0 Å². The van der Waals surface area contributed by atoms with Gasteiger partial charge in [-0.1, -0.05) is 42.5 Å². The number of hydrogen-bond donors (Lipinski definition) is 2. The molecular formula is C18H20N2O3. The van der Waals surface area contributed by atoms with Gasteiger partial charge in [-0.2, -0.15) is 0 Å². The van der Waals surface area contributed by atoms with Crippen molar-refractivity contribution in [2.75, 3.05) is 13.1 Å². The van der Waals surface area contributed by atoms with Crippen molar-refractivity contribution in [3.05, 3.63) is 48.0 Å². The molecule has 0 spiro atoms. The first-order valence-corrected chi connectivity index (χ1v) is 7.72. The Balaban J connectivity index is 1.67. The molecule has 1 aliphatic heterocycles. The highest BCUT2D eigenvalue weighted by Crippen LogP contribution is 2.30. The van der Waals surface area contributed by atoms with Gasteiger partial charge in [0.2, 0.25) is 0 Å². The molecule has 1 saturated heterocycles. The van der Waals surface area contributed by atoms with Crippen LogP contribution in [-0.2, 0) is 11.3 Å². The summed E-state index contributed by atoms with van der Waals surface area (Å²) in [5.41, 5.74) is 0.216. The van der Waals surface area contributed by atoms with Crippen LogP contribution < -0.4 is 5.32 Å². The molecule has 5 nitrogen and oxygen atoms in total. The number of carboxylic acid groups (broad SMARTS) is 1. The maximum atomic E-state index is 12.3. The average molecular weight is 312 g/mol. The molecular weight excluding hydrogens is 292 g/mol.